The molecule has 0 radical (unpaired) electrons. The normalized spacial score (nSPS) is 10.2. The molecule has 0 aliphatic rings. The van der Waals surface area contributed by atoms with E-state index in [9.17, 15) is 4.79 Å². The lowest BCUT2D eigenvalue weighted by atomic mass is 10.9. The van der Waals surface area contributed by atoms with Gasteiger partial charge in [0.05, 0.1) is 0 Å². The molecule has 0 fully saturated rings. The number of carbonyl (C=O) groups excluding carboxylic acids is 1. The van der Waals surface area contributed by atoms with Crippen LogP contribution in [0, 0.1) is 0 Å². The van der Waals surface area contributed by atoms with E-state index in [4.69, 9.17) is 0 Å². The Hall–Kier alpha value is -1.26. The van der Waals surface area contributed by atoms with Gasteiger partial charge in [-0.15, -0.1) is 0 Å². The molecule has 0 saturated carbocycles. The number of nitrogens with one attached hydrogen (secondary N) is 3. The fraction of sp³-hybridized carbons (Fsp3) is 0.500. The molecule has 0 aliphatic heterocycles. The molecule has 0 bridgehead atoms. The molecular formula is C4H10N4O. The highest BCUT2D eigenvalue weighted by Crippen LogP contribution is 1.55. The van der Waals surface area contributed by atoms with Crippen molar-refractivity contribution in [2.24, 2.45) is 4.99 Å². The van der Waals surface area contributed by atoms with E-state index in [0.29, 0.717) is 12.4 Å². The van der Waals surface area contributed by atoms with Crippen molar-refractivity contribution in [1.29, 1.82) is 0 Å². The van der Waals surface area contributed by atoms with Crippen molar-refractivity contribution in [1.82, 2.24) is 16.2 Å². The first-order chi connectivity index (χ1) is 4.35. The standard InChI is InChI=1S/C4H10N4O/c1-5-4(6-2)8-7-3-9/h3H,1-2H3,(H,7,9)(H2,5,6,8). The molecule has 0 rings (SSSR count). The molecule has 0 aromatic rings. The molecule has 9 heavy (non-hydrogen) atoms. The van der Waals surface area contributed by atoms with Crippen molar-refractivity contribution in [2.45, 2.75) is 0 Å². The predicted octanol–water partition coefficient (Wildman–Crippen LogP) is -1.56. The third-order valence-corrected chi connectivity index (χ3v) is 0.710. The Morgan fingerprint density at radius 3 is 2.67 bits per heavy atom. The summed E-state index contributed by atoms with van der Waals surface area (Å²) in [6.07, 6.45) is 0.530. The summed E-state index contributed by atoms with van der Waals surface area (Å²) in [5.41, 5.74) is 4.72. The molecule has 1 amide bonds. The zero-order valence-corrected chi connectivity index (χ0v) is 5.43. The van der Waals surface area contributed by atoms with Crippen LogP contribution in [0.4, 0.5) is 0 Å². The molecule has 3 N–H and O–H groups in total. The number of nitrogens with zero attached hydrogens (tertiary/aromatic N) is 1. The Morgan fingerprint density at radius 1 is 1.67 bits per heavy atom. The van der Waals surface area contributed by atoms with E-state index >= 15 is 0 Å². The minimum absolute atomic E-state index is 0.516. The Balaban J connectivity index is 3.44. The van der Waals surface area contributed by atoms with Crippen molar-refractivity contribution < 1.29 is 4.79 Å². The van der Waals surface area contributed by atoms with Gasteiger partial charge < -0.3 is 5.32 Å². The largest absolute Gasteiger partial charge is 0.358 e. The van der Waals surface area contributed by atoms with Gasteiger partial charge in [0.2, 0.25) is 12.4 Å². The van der Waals surface area contributed by atoms with Crippen LogP contribution in [0.3, 0.4) is 0 Å². The summed E-state index contributed by atoms with van der Waals surface area (Å²) >= 11 is 0. The van der Waals surface area contributed by atoms with Gasteiger partial charge in [-0.1, -0.05) is 0 Å². The number of amides is 1. The summed E-state index contributed by atoms with van der Waals surface area (Å²) in [4.78, 5) is 13.4. The first-order valence-corrected chi connectivity index (χ1v) is 2.45. The third kappa shape index (κ3) is 3.33. The predicted molar refractivity (Wildman–Crippen MR) is 34.8 cm³/mol. The molecule has 0 aromatic carbocycles. The van der Waals surface area contributed by atoms with Crippen LogP contribution >= 0.6 is 0 Å². The van der Waals surface area contributed by atoms with Crippen molar-refractivity contribution >= 4 is 12.4 Å². The number of hydrogen-bond acceptors (Lipinski definition) is 2. The molecule has 5 nitrogen and oxygen atoms in total. The highest BCUT2D eigenvalue weighted by Gasteiger charge is 1.85. The van der Waals surface area contributed by atoms with Crippen LogP contribution in [0.25, 0.3) is 0 Å². The second-order valence-electron chi connectivity index (χ2n) is 1.21. The van der Waals surface area contributed by atoms with Gasteiger partial charge in [0.1, 0.15) is 0 Å². The van der Waals surface area contributed by atoms with Crippen LogP contribution in [0.5, 0.6) is 0 Å². The van der Waals surface area contributed by atoms with E-state index in [1.54, 1.807) is 14.1 Å². The van der Waals surface area contributed by atoms with Crippen molar-refractivity contribution in [3.05, 3.63) is 0 Å². The molecule has 0 spiro atoms. The minimum Gasteiger partial charge on any atom is -0.358 e. The first kappa shape index (κ1) is 7.74. The van der Waals surface area contributed by atoms with Crippen LogP contribution in [0.15, 0.2) is 4.99 Å². The number of guanidine groups is 1. The van der Waals surface area contributed by atoms with E-state index in [2.05, 4.69) is 21.2 Å². The molecule has 0 aliphatic carbocycles. The van der Waals surface area contributed by atoms with Gasteiger partial charge in [0, 0.05) is 14.1 Å². The summed E-state index contributed by atoms with van der Waals surface area (Å²) in [5.74, 6) is 0.516. The molecule has 0 unspecified atom stereocenters. The highest BCUT2D eigenvalue weighted by atomic mass is 16.1. The molecular weight excluding hydrogens is 120 g/mol. The summed E-state index contributed by atoms with van der Waals surface area (Å²) in [6.45, 7) is 0. The van der Waals surface area contributed by atoms with Crippen LogP contribution in [0.1, 0.15) is 0 Å². The van der Waals surface area contributed by atoms with Crippen LogP contribution in [0.2, 0.25) is 0 Å². The summed E-state index contributed by atoms with van der Waals surface area (Å²) in [5, 5.41) is 2.70. The van der Waals surface area contributed by atoms with E-state index in [1.807, 2.05) is 0 Å². The van der Waals surface area contributed by atoms with Gasteiger partial charge in [-0.25, -0.2) is 0 Å². The van der Waals surface area contributed by atoms with Crippen LogP contribution in [-0.4, -0.2) is 26.5 Å². The van der Waals surface area contributed by atoms with Gasteiger partial charge in [0.15, 0.2) is 0 Å². The zero-order valence-electron chi connectivity index (χ0n) is 5.43. The summed E-state index contributed by atoms with van der Waals surface area (Å²) in [6, 6.07) is 0. The molecule has 52 valence electrons. The summed E-state index contributed by atoms with van der Waals surface area (Å²) < 4.78 is 0. The van der Waals surface area contributed by atoms with Crippen molar-refractivity contribution in [2.75, 3.05) is 14.1 Å². The zero-order chi connectivity index (χ0) is 7.11. The van der Waals surface area contributed by atoms with Gasteiger partial charge in [-0.05, 0) is 0 Å². The smallest absolute Gasteiger partial charge is 0.225 e. The number of hydrogen-bond donors (Lipinski definition) is 3. The maximum Gasteiger partial charge on any atom is 0.225 e. The number of hydrazine groups is 1. The molecule has 0 atom stereocenters. The van der Waals surface area contributed by atoms with E-state index in [-0.39, 0.29) is 0 Å². The quantitative estimate of drug-likeness (QED) is 0.183. The van der Waals surface area contributed by atoms with E-state index < -0.39 is 0 Å². The van der Waals surface area contributed by atoms with E-state index in [1.165, 1.54) is 0 Å². The van der Waals surface area contributed by atoms with E-state index in [0.717, 1.165) is 0 Å². The van der Waals surface area contributed by atoms with Crippen molar-refractivity contribution in [3.8, 4) is 0 Å². The Morgan fingerprint density at radius 2 is 2.33 bits per heavy atom. The lowest BCUT2D eigenvalue weighted by Crippen LogP contribution is -2.43. The third-order valence-electron chi connectivity index (χ3n) is 0.710. The molecule has 0 aromatic heterocycles. The Kier molecular flexibility index (Phi) is 4.20. The van der Waals surface area contributed by atoms with Gasteiger partial charge in [0.25, 0.3) is 0 Å². The summed E-state index contributed by atoms with van der Waals surface area (Å²) in [7, 11) is 3.30. The lowest BCUT2D eigenvalue weighted by molar-refractivity contribution is -0.110. The second kappa shape index (κ2) is 4.89. The average molecular weight is 130 g/mol. The Bertz CT molecular complexity index is 111. The fourth-order valence-corrected chi connectivity index (χ4v) is 0.328. The number of rotatable bonds is 2. The maximum atomic E-state index is 9.68. The number of aliphatic imine (C=N–C) groups is 1. The van der Waals surface area contributed by atoms with Gasteiger partial charge in [-0.2, -0.15) is 0 Å². The average Bonchev–Trinajstić information content (AvgIpc) is 1.91. The SMILES string of the molecule is CN=C(NC)NNC=O. The molecule has 0 heterocycles. The Labute approximate surface area is 53.5 Å². The monoisotopic (exact) mass is 130 g/mol. The number of carbonyl (C=O) groups is 1. The first-order valence-electron chi connectivity index (χ1n) is 2.45. The van der Waals surface area contributed by atoms with Gasteiger partial charge in [-0.3, -0.25) is 20.6 Å². The minimum atomic E-state index is 0.516. The van der Waals surface area contributed by atoms with Crippen molar-refractivity contribution in [3.63, 3.8) is 0 Å². The fourth-order valence-electron chi connectivity index (χ4n) is 0.328. The topological polar surface area (TPSA) is 65.5 Å². The highest BCUT2D eigenvalue weighted by molar-refractivity contribution is 5.79. The molecule has 5 heteroatoms. The molecule has 0 saturated heterocycles. The lowest BCUT2D eigenvalue weighted by Gasteiger charge is -2.04. The maximum absolute atomic E-state index is 9.68. The second-order valence-corrected chi connectivity index (χ2v) is 1.21. The van der Waals surface area contributed by atoms with Gasteiger partial charge >= 0.3 is 0 Å². The van der Waals surface area contributed by atoms with Crippen LogP contribution < -0.4 is 16.2 Å². The van der Waals surface area contributed by atoms with Crippen LogP contribution in [-0.2, 0) is 4.79 Å².